The van der Waals surface area contributed by atoms with E-state index in [1.807, 2.05) is 6.92 Å². The highest BCUT2D eigenvalue weighted by molar-refractivity contribution is 6.31. The van der Waals surface area contributed by atoms with E-state index in [4.69, 9.17) is 22.1 Å². The molecular weight excluding hydrogens is 316 g/mol. The van der Waals surface area contributed by atoms with Gasteiger partial charge >= 0.3 is 0 Å². The molecule has 0 atom stereocenters. The summed E-state index contributed by atoms with van der Waals surface area (Å²) < 4.78 is 5.39. The van der Waals surface area contributed by atoms with Crippen LogP contribution in [0.4, 0.5) is 11.4 Å². The highest BCUT2D eigenvalue weighted by atomic mass is 35.5. The van der Waals surface area contributed by atoms with Crippen molar-refractivity contribution in [2.24, 2.45) is 0 Å². The van der Waals surface area contributed by atoms with Crippen LogP contribution in [-0.2, 0) is 4.79 Å². The molecule has 0 bridgehead atoms. The Labute approximate surface area is 139 Å². The monoisotopic (exact) mass is 332 g/mol. The topological polar surface area (TPSA) is 81.4 Å². The maximum absolute atomic E-state index is 12.0. The fraction of sp³-hybridized carbons (Fsp3) is 0.176. The average Bonchev–Trinajstić information content (AvgIpc) is 2.50. The van der Waals surface area contributed by atoms with E-state index in [0.717, 1.165) is 5.56 Å². The third-order valence-electron chi connectivity index (χ3n) is 3.32. The molecule has 0 spiro atoms. The average molecular weight is 333 g/mol. The maximum Gasteiger partial charge on any atom is 0.262 e. The van der Waals surface area contributed by atoms with Crippen molar-refractivity contribution in [2.45, 2.75) is 13.8 Å². The zero-order chi connectivity index (χ0) is 17.0. The van der Waals surface area contributed by atoms with Crippen molar-refractivity contribution >= 4 is 34.7 Å². The van der Waals surface area contributed by atoms with Gasteiger partial charge in [0.05, 0.1) is 5.69 Å². The van der Waals surface area contributed by atoms with E-state index in [1.165, 1.54) is 13.0 Å². The smallest absolute Gasteiger partial charge is 0.262 e. The molecule has 1 amide bonds. The molecule has 3 N–H and O–H groups in total. The second-order valence-corrected chi connectivity index (χ2v) is 5.47. The number of rotatable bonds is 5. The highest BCUT2D eigenvalue weighted by Crippen LogP contribution is 2.24. The fourth-order valence-corrected chi connectivity index (χ4v) is 2.15. The largest absolute Gasteiger partial charge is 0.482 e. The lowest BCUT2D eigenvalue weighted by Crippen LogP contribution is -2.21. The Kier molecular flexibility index (Phi) is 5.24. The Morgan fingerprint density at radius 1 is 1.26 bits per heavy atom. The van der Waals surface area contributed by atoms with E-state index in [0.29, 0.717) is 27.7 Å². The molecule has 6 heteroatoms. The molecule has 0 unspecified atom stereocenters. The van der Waals surface area contributed by atoms with Gasteiger partial charge in [-0.25, -0.2) is 0 Å². The number of hydrogen-bond acceptors (Lipinski definition) is 4. The Hall–Kier alpha value is -2.53. The van der Waals surface area contributed by atoms with Gasteiger partial charge in [-0.2, -0.15) is 0 Å². The zero-order valence-corrected chi connectivity index (χ0v) is 13.6. The van der Waals surface area contributed by atoms with E-state index in [2.05, 4.69) is 5.32 Å². The Morgan fingerprint density at radius 3 is 2.65 bits per heavy atom. The van der Waals surface area contributed by atoms with Gasteiger partial charge in [-0.15, -0.1) is 0 Å². The third kappa shape index (κ3) is 4.23. The van der Waals surface area contributed by atoms with Gasteiger partial charge in [0, 0.05) is 16.3 Å². The Bertz CT molecular complexity index is 759. The second-order valence-electron chi connectivity index (χ2n) is 5.06. The highest BCUT2D eigenvalue weighted by Gasteiger charge is 2.10. The number of nitrogens with two attached hydrogens (primary N) is 1. The number of ketones is 1. The predicted octanol–water partition coefficient (Wildman–Crippen LogP) is 3.45. The van der Waals surface area contributed by atoms with Gasteiger partial charge in [-0.1, -0.05) is 17.7 Å². The first-order valence-electron chi connectivity index (χ1n) is 6.96. The number of amides is 1. The molecule has 0 heterocycles. The minimum absolute atomic E-state index is 0.0857. The van der Waals surface area contributed by atoms with Crippen LogP contribution in [0.3, 0.4) is 0 Å². The van der Waals surface area contributed by atoms with Gasteiger partial charge in [0.2, 0.25) is 0 Å². The summed E-state index contributed by atoms with van der Waals surface area (Å²) in [5.74, 6) is -0.0594. The van der Waals surface area contributed by atoms with Gasteiger partial charge < -0.3 is 15.8 Å². The number of nitrogens with one attached hydrogen (secondary N) is 1. The molecule has 2 rings (SSSR count). The maximum atomic E-state index is 12.0. The molecule has 0 aliphatic rings. The van der Waals surface area contributed by atoms with Crippen LogP contribution in [0, 0.1) is 6.92 Å². The van der Waals surface area contributed by atoms with E-state index in [-0.39, 0.29) is 18.3 Å². The summed E-state index contributed by atoms with van der Waals surface area (Å²) in [4.78, 5) is 23.2. The lowest BCUT2D eigenvalue weighted by molar-refractivity contribution is -0.118. The second kappa shape index (κ2) is 7.15. The molecule has 2 aromatic rings. The quantitative estimate of drug-likeness (QED) is 0.649. The van der Waals surface area contributed by atoms with E-state index < -0.39 is 0 Å². The van der Waals surface area contributed by atoms with E-state index in [1.54, 1.807) is 30.3 Å². The van der Waals surface area contributed by atoms with Gasteiger partial charge in [-0.05, 0) is 49.7 Å². The van der Waals surface area contributed by atoms with Crippen molar-refractivity contribution in [3.05, 3.63) is 52.5 Å². The number of ether oxygens (including phenoxy) is 1. The minimum Gasteiger partial charge on any atom is -0.482 e. The van der Waals surface area contributed by atoms with Crippen molar-refractivity contribution in [1.29, 1.82) is 0 Å². The molecular formula is C17H17ClN2O3. The normalized spacial score (nSPS) is 10.2. The van der Waals surface area contributed by atoms with Crippen molar-refractivity contribution in [3.63, 3.8) is 0 Å². The summed E-state index contributed by atoms with van der Waals surface area (Å²) in [6.45, 7) is 3.07. The van der Waals surface area contributed by atoms with Crippen molar-refractivity contribution in [2.75, 3.05) is 17.7 Å². The SMILES string of the molecule is CC(=O)c1ccc(OCC(=O)Nc2cccc(Cl)c2C)c(N)c1. The zero-order valence-electron chi connectivity index (χ0n) is 12.9. The number of hydrogen-bond donors (Lipinski definition) is 2. The molecule has 0 saturated carbocycles. The van der Waals surface area contributed by atoms with Gasteiger partial charge in [0.25, 0.3) is 5.91 Å². The summed E-state index contributed by atoms with van der Waals surface area (Å²) in [7, 11) is 0. The molecule has 0 radical (unpaired) electrons. The number of carbonyl (C=O) groups excluding carboxylic acids is 2. The molecule has 0 aliphatic carbocycles. The summed E-state index contributed by atoms with van der Waals surface area (Å²) in [5, 5.41) is 3.30. The van der Waals surface area contributed by atoms with E-state index >= 15 is 0 Å². The van der Waals surface area contributed by atoms with Crippen LogP contribution in [0.5, 0.6) is 5.75 Å². The van der Waals surface area contributed by atoms with Gasteiger partial charge in [-0.3, -0.25) is 9.59 Å². The van der Waals surface area contributed by atoms with Crippen molar-refractivity contribution < 1.29 is 14.3 Å². The number of nitrogen functional groups attached to an aromatic ring is 1. The van der Waals surface area contributed by atoms with Crippen LogP contribution in [0.1, 0.15) is 22.8 Å². The number of halogens is 1. The van der Waals surface area contributed by atoms with Crippen LogP contribution < -0.4 is 15.8 Å². The number of Topliss-reactive ketones (excluding diaryl/α,β-unsaturated/α-hetero) is 1. The van der Waals surface area contributed by atoms with Gasteiger partial charge in [0.15, 0.2) is 12.4 Å². The molecule has 5 nitrogen and oxygen atoms in total. The molecule has 120 valence electrons. The Balaban J connectivity index is 1.99. The lowest BCUT2D eigenvalue weighted by atomic mass is 10.1. The number of carbonyl (C=O) groups is 2. The first-order chi connectivity index (χ1) is 10.9. The molecule has 0 aliphatic heterocycles. The standard InChI is InChI=1S/C17H17ClN2O3/c1-10-13(18)4-3-5-15(10)20-17(22)9-23-16-7-6-12(11(2)21)8-14(16)19/h3-8H,9,19H2,1-2H3,(H,20,22). The fourth-order valence-electron chi connectivity index (χ4n) is 1.97. The first kappa shape index (κ1) is 16.8. The molecule has 0 fully saturated rings. The summed E-state index contributed by atoms with van der Waals surface area (Å²) in [6.07, 6.45) is 0. The van der Waals surface area contributed by atoms with Crippen molar-refractivity contribution in [3.8, 4) is 5.75 Å². The Morgan fingerprint density at radius 2 is 2.00 bits per heavy atom. The number of benzene rings is 2. The molecule has 23 heavy (non-hydrogen) atoms. The molecule has 0 saturated heterocycles. The van der Waals surface area contributed by atoms with Crippen LogP contribution >= 0.6 is 11.6 Å². The molecule has 0 aromatic heterocycles. The van der Waals surface area contributed by atoms with Crippen molar-refractivity contribution in [1.82, 2.24) is 0 Å². The lowest BCUT2D eigenvalue weighted by Gasteiger charge is -2.12. The summed E-state index contributed by atoms with van der Waals surface area (Å²) in [5.41, 5.74) is 8.04. The van der Waals surface area contributed by atoms with Crippen LogP contribution in [0.25, 0.3) is 0 Å². The first-order valence-corrected chi connectivity index (χ1v) is 7.34. The van der Waals surface area contributed by atoms with E-state index in [9.17, 15) is 9.59 Å². The molecule has 2 aromatic carbocycles. The summed E-state index contributed by atoms with van der Waals surface area (Å²) in [6, 6.07) is 9.97. The van der Waals surface area contributed by atoms with Crippen LogP contribution in [0.15, 0.2) is 36.4 Å². The number of anilines is 2. The minimum atomic E-state index is -0.328. The third-order valence-corrected chi connectivity index (χ3v) is 3.73. The van der Waals surface area contributed by atoms with Crippen LogP contribution in [-0.4, -0.2) is 18.3 Å². The van der Waals surface area contributed by atoms with Gasteiger partial charge in [0.1, 0.15) is 5.75 Å². The van der Waals surface area contributed by atoms with Crippen LogP contribution in [0.2, 0.25) is 5.02 Å². The predicted molar refractivity (Wildman–Crippen MR) is 91.2 cm³/mol. The summed E-state index contributed by atoms with van der Waals surface area (Å²) >= 11 is 6.00.